The molecule has 0 aliphatic heterocycles. The number of nitrogens with zero attached hydrogens (tertiary/aromatic N) is 1. The molecule has 21 heavy (non-hydrogen) atoms. The number of ether oxygens (including phenoxy) is 1. The van der Waals surface area contributed by atoms with Crippen LogP contribution in [0.25, 0.3) is 0 Å². The first-order valence-electron chi connectivity index (χ1n) is 6.68. The molecule has 1 rings (SSSR count). The van der Waals surface area contributed by atoms with Crippen molar-refractivity contribution in [3.63, 3.8) is 0 Å². The van der Waals surface area contributed by atoms with Crippen LogP contribution >= 0.6 is 0 Å². The lowest BCUT2D eigenvalue weighted by Gasteiger charge is -2.27. The summed E-state index contributed by atoms with van der Waals surface area (Å²) in [6, 6.07) is 5.06. The van der Waals surface area contributed by atoms with Gasteiger partial charge in [-0.25, -0.2) is 13.2 Å². The number of hydrogen-bond acceptors (Lipinski definition) is 4. The van der Waals surface area contributed by atoms with E-state index in [2.05, 4.69) is 0 Å². The largest absolute Gasteiger partial charge is 0.478 e. The molecule has 0 amide bonds. The van der Waals surface area contributed by atoms with E-state index in [0.717, 1.165) is 0 Å². The van der Waals surface area contributed by atoms with Crippen molar-refractivity contribution in [3.8, 4) is 0 Å². The van der Waals surface area contributed by atoms with E-state index in [1.165, 1.54) is 35.7 Å². The molecular formula is C14H21NO5S. The zero-order valence-electron chi connectivity index (χ0n) is 12.4. The van der Waals surface area contributed by atoms with Crippen LogP contribution in [0, 0.1) is 0 Å². The first kappa shape index (κ1) is 17.6. The van der Waals surface area contributed by atoms with Gasteiger partial charge >= 0.3 is 5.97 Å². The highest BCUT2D eigenvalue weighted by Gasteiger charge is 2.28. The van der Waals surface area contributed by atoms with Gasteiger partial charge in [0, 0.05) is 19.7 Å². The Balaban J connectivity index is 3.12. The van der Waals surface area contributed by atoms with Gasteiger partial charge in [-0.1, -0.05) is 6.92 Å². The van der Waals surface area contributed by atoms with Crippen LogP contribution in [0.1, 0.15) is 30.6 Å². The smallest absolute Gasteiger partial charge is 0.335 e. The molecule has 0 bridgehead atoms. The maximum Gasteiger partial charge on any atom is 0.335 e. The monoisotopic (exact) mass is 315 g/mol. The maximum absolute atomic E-state index is 12.6. The Labute approximate surface area is 125 Å². The highest BCUT2D eigenvalue weighted by atomic mass is 32.2. The van der Waals surface area contributed by atoms with Gasteiger partial charge in [0.2, 0.25) is 10.0 Å². The highest BCUT2D eigenvalue weighted by molar-refractivity contribution is 7.89. The zero-order valence-corrected chi connectivity index (χ0v) is 13.3. The quantitative estimate of drug-likeness (QED) is 0.791. The van der Waals surface area contributed by atoms with Gasteiger partial charge in [0.05, 0.1) is 17.1 Å². The number of aromatic carboxylic acids is 1. The second kappa shape index (κ2) is 7.53. The molecule has 1 aromatic rings. The fraction of sp³-hybridized carbons (Fsp3) is 0.500. The fourth-order valence-corrected chi connectivity index (χ4v) is 3.56. The summed E-state index contributed by atoms with van der Waals surface area (Å²) >= 11 is 0. The Hall–Kier alpha value is -1.44. The second-order valence-corrected chi connectivity index (χ2v) is 6.59. The molecule has 0 radical (unpaired) electrons. The molecule has 6 nitrogen and oxygen atoms in total. The van der Waals surface area contributed by atoms with E-state index in [9.17, 15) is 13.2 Å². The SMILES string of the molecule is CCC(C)N(CCOC)S(=O)(=O)c1ccc(C(=O)O)cc1. The zero-order chi connectivity index (χ0) is 16.0. The minimum atomic E-state index is -3.67. The van der Waals surface area contributed by atoms with E-state index in [-0.39, 0.29) is 23.0 Å². The normalized spacial score (nSPS) is 13.3. The van der Waals surface area contributed by atoms with Crippen LogP contribution in [0.3, 0.4) is 0 Å². The molecular weight excluding hydrogens is 294 g/mol. The van der Waals surface area contributed by atoms with Crippen molar-refractivity contribution in [1.29, 1.82) is 0 Å². The van der Waals surface area contributed by atoms with Gasteiger partial charge in [0.15, 0.2) is 0 Å². The number of rotatable bonds is 8. The molecule has 0 heterocycles. The number of hydrogen-bond donors (Lipinski definition) is 1. The van der Waals surface area contributed by atoms with Crippen molar-refractivity contribution in [3.05, 3.63) is 29.8 Å². The van der Waals surface area contributed by atoms with Crippen LogP contribution in [-0.2, 0) is 14.8 Å². The van der Waals surface area contributed by atoms with Crippen molar-refractivity contribution < 1.29 is 23.1 Å². The molecule has 0 spiro atoms. The summed E-state index contributed by atoms with van der Waals surface area (Å²) in [4.78, 5) is 10.9. The van der Waals surface area contributed by atoms with Crippen molar-refractivity contribution in [2.75, 3.05) is 20.3 Å². The summed E-state index contributed by atoms with van der Waals surface area (Å²) in [5.41, 5.74) is 0.0564. The standard InChI is InChI=1S/C14H21NO5S/c1-4-11(2)15(9-10-20-3)21(18,19)13-7-5-12(6-8-13)14(16)17/h5-8,11H,4,9-10H2,1-3H3,(H,16,17). The molecule has 7 heteroatoms. The minimum absolute atomic E-state index is 0.0564. The third kappa shape index (κ3) is 4.26. The molecule has 0 fully saturated rings. The van der Waals surface area contributed by atoms with E-state index in [4.69, 9.17) is 9.84 Å². The van der Waals surface area contributed by atoms with E-state index in [0.29, 0.717) is 13.0 Å². The summed E-state index contributed by atoms with van der Waals surface area (Å²) in [6.45, 7) is 4.30. The summed E-state index contributed by atoms with van der Waals surface area (Å²) < 4.78 is 31.6. The molecule has 1 aromatic carbocycles. The van der Waals surface area contributed by atoms with Gasteiger partial charge in [-0.05, 0) is 37.6 Å². The molecule has 118 valence electrons. The van der Waals surface area contributed by atoms with Crippen molar-refractivity contribution in [2.24, 2.45) is 0 Å². The first-order chi connectivity index (χ1) is 9.84. The minimum Gasteiger partial charge on any atom is -0.478 e. The number of carboxylic acids is 1. The first-order valence-corrected chi connectivity index (χ1v) is 8.12. The average Bonchev–Trinajstić information content (AvgIpc) is 2.47. The van der Waals surface area contributed by atoms with E-state index >= 15 is 0 Å². The fourth-order valence-electron chi connectivity index (χ4n) is 1.87. The molecule has 0 aliphatic carbocycles. The lowest BCUT2D eigenvalue weighted by molar-refractivity contribution is 0.0696. The number of benzene rings is 1. The predicted molar refractivity (Wildman–Crippen MR) is 78.9 cm³/mol. The van der Waals surface area contributed by atoms with Crippen LogP contribution in [0.2, 0.25) is 0 Å². The van der Waals surface area contributed by atoms with Crippen LogP contribution in [-0.4, -0.2) is 50.1 Å². The second-order valence-electron chi connectivity index (χ2n) is 4.70. The number of sulfonamides is 1. The van der Waals surface area contributed by atoms with Gasteiger partial charge in [-0.3, -0.25) is 0 Å². The van der Waals surface area contributed by atoms with Gasteiger partial charge in [-0.2, -0.15) is 4.31 Å². The molecule has 0 saturated heterocycles. The summed E-state index contributed by atoms with van der Waals surface area (Å²) in [5, 5.41) is 8.85. The Morgan fingerprint density at radius 2 is 1.90 bits per heavy atom. The summed E-state index contributed by atoms with van der Waals surface area (Å²) in [6.07, 6.45) is 0.677. The molecule has 1 atom stereocenters. The number of carboxylic acid groups (broad SMARTS) is 1. The van der Waals surface area contributed by atoms with E-state index in [1.54, 1.807) is 0 Å². The predicted octanol–water partition coefficient (Wildman–Crippen LogP) is 1.82. The third-order valence-electron chi connectivity index (χ3n) is 3.31. The van der Waals surface area contributed by atoms with Crippen LogP contribution in [0.5, 0.6) is 0 Å². The third-order valence-corrected chi connectivity index (χ3v) is 5.33. The average molecular weight is 315 g/mol. The van der Waals surface area contributed by atoms with E-state index in [1.807, 2.05) is 13.8 Å². The Bertz CT molecular complexity index is 568. The van der Waals surface area contributed by atoms with Crippen molar-refractivity contribution in [2.45, 2.75) is 31.2 Å². The molecule has 1 unspecified atom stereocenters. The van der Waals surface area contributed by atoms with Crippen LogP contribution in [0.4, 0.5) is 0 Å². The molecule has 0 aliphatic rings. The lowest BCUT2D eigenvalue weighted by atomic mass is 10.2. The lowest BCUT2D eigenvalue weighted by Crippen LogP contribution is -2.40. The Morgan fingerprint density at radius 1 is 1.33 bits per heavy atom. The van der Waals surface area contributed by atoms with Gasteiger partial charge in [0.25, 0.3) is 0 Å². The van der Waals surface area contributed by atoms with Crippen LogP contribution < -0.4 is 0 Å². The van der Waals surface area contributed by atoms with Gasteiger partial charge in [0.1, 0.15) is 0 Å². The summed E-state index contributed by atoms with van der Waals surface area (Å²) in [5.74, 6) is -1.09. The van der Waals surface area contributed by atoms with Crippen molar-refractivity contribution in [1.82, 2.24) is 4.31 Å². The van der Waals surface area contributed by atoms with Crippen molar-refractivity contribution >= 4 is 16.0 Å². The summed E-state index contributed by atoms with van der Waals surface area (Å²) in [7, 11) is -2.15. The molecule has 1 N–H and O–H groups in total. The van der Waals surface area contributed by atoms with Gasteiger partial charge in [-0.15, -0.1) is 0 Å². The number of carbonyl (C=O) groups is 1. The van der Waals surface area contributed by atoms with Gasteiger partial charge < -0.3 is 9.84 Å². The van der Waals surface area contributed by atoms with Crippen LogP contribution in [0.15, 0.2) is 29.2 Å². The highest BCUT2D eigenvalue weighted by Crippen LogP contribution is 2.20. The molecule has 0 saturated carbocycles. The van der Waals surface area contributed by atoms with E-state index < -0.39 is 16.0 Å². The number of methoxy groups -OCH3 is 1. The topological polar surface area (TPSA) is 83.9 Å². The molecule has 0 aromatic heterocycles. The Kier molecular flexibility index (Phi) is 6.32. The maximum atomic E-state index is 12.6. The Morgan fingerprint density at radius 3 is 2.33 bits per heavy atom.